The minimum atomic E-state index is -3.89. The van der Waals surface area contributed by atoms with E-state index in [0.717, 1.165) is 5.56 Å². The second kappa shape index (κ2) is 9.23. The van der Waals surface area contributed by atoms with Crippen molar-refractivity contribution in [3.63, 3.8) is 0 Å². The minimum Gasteiger partial charge on any atom is -0.378 e. The van der Waals surface area contributed by atoms with Gasteiger partial charge in [0.2, 0.25) is 21.8 Å². The molecule has 0 radical (unpaired) electrons. The number of rotatable bonds is 6. The van der Waals surface area contributed by atoms with E-state index in [4.69, 9.17) is 4.74 Å². The fraction of sp³-hybridized carbons (Fsp3) is 0.600. The number of carbonyl (C=O) groups is 2. The van der Waals surface area contributed by atoms with Gasteiger partial charge in [0.25, 0.3) is 0 Å². The zero-order valence-corrected chi connectivity index (χ0v) is 17.8. The summed E-state index contributed by atoms with van der Waals surface area (Å²) >= 11 is 0. The smallest absolute Gasteiger partial charge is 0.241 e. The van der Waals surface area contributed by atoms with Gasteiger partial charge in [-0.25, -0.2) is 8.42 Å². The fourth-order valence-corrected chi connectivity index (χ4v) is 4.90. The van der Waals surface area contributed by atoms with Crippen LogP contribution in [-0.4, -0.2) is 57.5 Å². The number of benzene rings is 1. The van der Waals surface area contributed by atoms with Gasteiger partial charge in [-0.15, -0.1) is 0 Å². The Kier molecular flexibility index (Phi) is 6.92. The average molecular weight is 424 g/mol. The number of amides is 2. The summed E-state index contributed by atoms with van der Waals surface area (Å²) in [5.74, 6) is -0.131. The van der Waals surface area contributed by atoms with Crippen LogP contribution in [-0.2, 0) is 30.8 Å². The molecule has 29 heavy (non-hydrogen) atoms. The molecule has 8 nitrogen and oxygen atoms in total. The van der Waals surface area contributed by atoms with Crippen molar-refractivity contribution in [3.8, 4) is 0 Å². The maximum atomic E-state index is 13.1. The molecule has 1 fully saturated rings. The van der Waals surface area contributed by atoms with E-state index >= 15 is 0 Å². The molecule has 2 aliphatic rings. The Hall–Kier alpha value is -1.97. The van der Waals surface area contributed by atoms with E-state index in [0.29, 0.717) is 57.7 Å². The summed E-state index contributed by atoms with van der Waals surface area (Å²) in [6.07, 6.45) is 2.12. The van der Waals surface area contributed by atoms with E-state index in [1.807, 2.05) is 13.8 Å². The average Bonchev–Trinajstić information content (AvgIpc) is 2.87. The SMILES string of the molecule is CC(C)C[C@H](NS(=O)(=O)c1ccc2c(c1)CCCC(=O)N2)C(=O)N1CCOCC1. The molecule has 1 aromatic carbocycles. The highest BCUT2D eigenvalue weighted by Gasteiger charge is 2.31. The Morgan fingerprint density at radius 2 is 1.97 bits per heavy atom. The van der Waals surface area contributed by atoms with Crippen molar-refractivity contribution in [2.75, 3.05) is 31.6 Å². The normalized spacial score (nSPS) is 18.7. The van der Waals surface area contributed by atoms with Crippen molar-refractivity contribution in [2.24, 2.45) is 5.92 Å². The van der Waals surface area contributed by atoms with Crippen LogP contribution in [0.3, 0.4) is 0 Å². The number of hydrogen-bond acceptors (Lipinski definition) is 5. The maximum Gasteiger partial charge on any atom is 0.241 e. The lowest BCUT2D eigenvalue weighted by molar-refractivity contribution is -0.137. The summed E-state index contributed by atoms with van der Waals surface area (Å²) < 4.78 is 34.0. The summed E-state index contributed by atoms with van der Waals surface area (Å²) in [6, 6.07) is 3.86. The molecule has 0 aliphatic carbocycles. The molecule has 2 N–H and O–H groups in total. The number of aryl methyl sites for hydroxylation is 1. The number of hydrogen-bond donors (Lipinski definition) is 2. The van der Waals surface area contributed by atoms with E-state index in [1.54, 1.807) is 17.0 Å². The lowest BCUT2D eigenvalue weighted by Gasteiger charge is -2.31. The number of fused-ring (bicyclic) bond motifs is 1. The van der Waals surface area contributed by atoms with Crippen LogP contribution >= 0.6 is 0 Å². The largest absolute Gasteiger partial charge is 0.378 e. The number of anilines is 1. The van der Waals surface area contributed by atoms with Crippen molar-refractivity contribution in [3.05, 3.63) is 23.8 Å². The Balaban J connectivity index is 1.81. The predicted molar refractivity (Wildman–Crippen MR) is 109 cm³/mol. The summed E-state index contributed by atoms with van der Waals surface area (Å²) in [4.78, 5) is 26.4. The van der Waals surface area contributed by atoms with Crippen LogP contribution < -0.4 is 10.0 Å². The molecule has 0 spiro atoms. The monoisotopic (exact) mass is 423 g/mol. The van der Waals surface area contributed by atoms with Crippen LogP contribution in [0.2, 0.25) is 0 Å². The summed E-state index contributed by atoms with van der Waals surface area (Å²) in [5, 5.41) is 2.80. The predicted octanol–water partition coefficient (Wildman–Crippen LogP) is 1.51. The van der Waals surface area contributed by atoms with Gasteiger partial charge in [0.05, 0.1) is 18.1 Å². The molecule has 2 heterocycles. The molecule has 0 aromatic heterocycles. The lowest BCUT2D eigenvalue weighted by Crippen LogP contribution is -2.52. The molecule has 1 saturated heterocycles. The minimum absolute atomic E-state index is 0.0643. The molecule has 160 valence electrons. The van der Waals surface area contributed by atoms with Crippen molar-refractivity contribution >= 4 is 27.5 Å². The van der Waals surface area contributed by atoms with Gasteiger partial charge in [0, 0.05) is 25.2 Å². The van der Waals surface area contributed by atoms with Crippen LogP contribution in [0.5, 0.6) is 0 Å². The summed E-state index contributed by atoms with van der Waals surface area (Å²) in [6.45, 7) is 5.77. The van der Waals surface area contributed by atoms with E-state index in [2.05, 4.69) is 10.0 Å². The van der Waals surface area contributed by atoms with Crippen LogP contribution in [0.1, 0.15) is 38.7 Å². The molecule has 2 aliphatic heterocycles. The van der Waals surface area contributed by atoms with Crippen LogP contribution in [0.4, 0.5) is 5.69 Å². The van der Waals surface area contributed by atoms with Crippen LogP contribution in [0, 0.1) is 5.92 Å². The number of sulfonamides is 1. The Morgan fingerprint density at radius 1 is 1.24 bits per heavy atom. The van der Waals surface area contributed by atoms with Crippen LogP contribution in [0.15, 0.2) is 23.1 Å². The molecular formula is C20H29N3O5S. The van der Waals surface area contributed by atoms with Gasteiger partial charge < -0.3 is 15.0 Å². The third-order valence-corrected chi connectivity index (χ3v) is 6.61. The molecule has 9 heteroatoms. The first-order valence-corrected chi connectivity index (χ1v) is 11.6. The zero-order valence-electron chi connectivity index (χ0n) is 16.9. The van der Waals surface area contributed by atoms with Crippen LogP contribution in [0.25, 0.3) is 0 Å². The van der Waals surface area contributed by atoms with E-state index in [1.165, 1.54) is 6.07 Å². The molecule has 2 amide bonds. The van der Waals surface area contributed by atoms with Gasteiger partial charge in [-0.3, -0.25) is 9.59 Å². The van der Waals surface area contributed by atoms with Gasteiger partial charge in [-0.2, -0.15) is 4.72 Å². The number of nitrogens with zero attached hydrogens (tertiary/aromatic N) is 1. The molecule has 0 bridgehead atoms. The third kappa shape index (κ3) is 5.55. The summed E-state index contributed by atoms with van der Waals surface area (Å²) in [7, 11) is -3.89. The molecule has 0 unspecified atom stereocenters. The van der Waals surface area contributed by atoms with Gasteiger partial charge in [0.1, 0.15) is 6.04 Å². The quantitative estimate of drug-likeness (QED) is 0.722. The van der Waals surface area contributed by atoms with E-state index in [-0.39, 0.29) is 22.6 Å². The molecule has 1 aromatic rings. The van der Waals surface area contributed by atoms with Gasteiger partial charge in [-0.1, -0.05) is 13.8 Å². The molecule has 0 saturated carbocycles. The highest BCUT2D eigenvalue weighted by molar-refractivity contribution is 7.89. The number of carbonyl (C=O) groups excluding carboxylic acids is 2. The Labute approximate surface area is 172 Å². The maximum absolute atomic E-state index is 13.1. The fourth-order valence-electron chi connectivity index (χ4n) is 3.65. The van der Waals surface area contributed by atoms with Gasteiger partial charge in [-0.05, 0) is 48.9 Å². The molecular weight excluding hydrogens is 394 g/mol. The number of morpholine rings is 1. The third-order valence-electron chi connectivity index (χ3n) is 5.14. The van der Waals surface area contributed by atoms with Gasteiger partial charge >= 0.3 is 0 Å². The molecule has 1 atom stereocenters. The highest BCUT2D eigenvalue weighted by Crippen LogP contribution is 2.25. The lowest BCUT2D eigenvalue weighted by atomic mass is 10.0. The first-order valence-electron chi connectivity index (χ1n) is 10.1. The van der Waals surface area contributed by atoms with Crippen molar-refractivity contribution in [2.45, 2.75) is 50.5 Å². The number of nitrogens with one attached hydrogen (secondary N) is 2. The number of ether oxygens (including phenoxy) is 1. The zero-order chi connectivity index (χ0) is 21.0. The first-order chi connectivity index (χ1) is 13.8. The Morgan fingerprint density at radius 3 is 2.66 bits per heavy atom. The van der Waals surface area contributed by atoms with Crippen molar-refractivity contribution < 1.29 is 22.7 Å². The van der Waals surface area contributed by atoms with Crippen molar-refractivity contribution in [1.82, 2.24) is 9.62 Å². The van der Waals surface area contributed by atoms with Crippen molar-refractivity contribution in [1.29, 1.82) is 0 Å². The summed E-state index contributed by atoms with van der Waals surface area (Å²) in [5.41, 5.74) is 1.44. The molecule has 3 rings (SSSR count). The second-order valence-electron chi connectivity index (χ2n) is 7.96. The van der Waals surface area contributed by atoms with E-state index < -0.39 is 16.1 Å². The van der Waals surface area contributed by atoms with E-state index in [9.17, 15) is 18.0 Å². The highest BCUT2D eigenvalue weighted by atomic mass is 32.2. The van der Waals surface area contributed by atoms with Gasteiger partial charge in [0.15, 0.2) is 0 Å². The standard InChI is InChI=1S/C20H29N3O5S/c1-14(2)12-18(20(25)23-8-10-28-11-9-23)22-29(26,27)16-6-7-17-15(13-16)4-3-5-19(24)21-17/h6-7,13-14,18,22H,3-5,8-12H2,1-2H3,(H,21,24)/t18-/m0/s1. The first kappa shape index (κ1) is 21.7. The second-order valence-corrected chi connectivity index (χ2v) is 9.68. The topological polar surface area (TPSA) is 105 Å². The Bertz CT molecular complexity index is 863.